The van der Waals surface area contributed by atoms with Crippen LogP contribution < -0.4 is 10.6 Å². The van der Waals surface area contributed by atoms with Gasteiger partial charge in [0.2, 0.25) is 0 Å². The van der Waals surface area contributed by atoms with E-state index in [0.29, 0.717) is 16.8 Å². The largest absolute Gasteiger partial charge is 0.324 e. The topological polar surface area (TPSA) is 54.0 Å². The summed E-state index contributed by atoms with van der Waals surface area (Å²) in [5.41, 5.74) is 1.23. The first-order valence-corrected chi connectivity index (χ1v) is 6.88. The van der Waals surface area contributed by atoms with Gasteiger partial charge in [-0.2, -0.15) is 0 Å². The number of aromatic nitrogens is 1. The Morgan fingerprint density at radius 1 is 1.42 bits per heavy atom. The fourth-order valence-electron chi connectivity index (χ4n) is 2.28. The van der Waals surface area contributed by atoms with Crippen LogP contribution in [0.4, 0.5) is 10.6 Å². The van der Waals surface area contributed by atoms with Gasteiger partial charge in [0, 0.05) is 12.4 Å². The van der Waals surface area contributed by atoms with E-state index >= 15 is 0 Å². The first kappa shape index (κ1) is 13.9. The Hall–Kier alpha value is -1.55. The predicted molar refractivity (Wildman–Crippen MR) is 77.1 cm³/mol. The third-order valence-electron chi connectivity index (χ3n) is 3.40. The molecule has 2 amide bonds. The third kappa shape index (κ3) is 4.24. The van der Waals surface area contributed by atoms with Crippen LogP contribution in [0.15, 0.2) is 30.1 Å². The summed E-state index contributed by atoms with van der Waals surface area (Å²) in [6.45, 7) is 2.07. The molecule has 0 unspecified atom stereocenters. The number of hydrogen-bond acceptors (Lipinski definition) is 2. The van der Waals surface area contributed by atoms with Crippen molar-refractivity contribution in [2.24, 2.45) is 5.92 Å². The minimum Gasteiger partial charge on any atom is -0.314 e. The van der Waals surface area contributed by atoms with Gasteiger partial charge in [-0.1, -0.05) is 30.0 Å². The summed E-state index contributed by atoms with van der Waals surface area (Å²) in [5.74, 6) is 1.10. The summed E-state index contributed by atoms with van der Waals surface area (Å²) in [4.78, 5) is 15.7. The molecule has 2 N–H and O–H groups in total. The molecule has 5 heteroatoms. The number of carbonyl (C=O) groups is 1. The molecule has 1 aliphatic carbocycles. The maximum atomic E-state index is 11.7. The van der Waals surface area contributed by atoms with Gasteiger partial charge in [0.15, 0.2) is 0 Å². The van der Waals surface area contributed by atoms with E-state index in [-0.39, 0.29) is 6.03 Å². The molecule has 1 aromatic rings. The van der Waals surface area contributed by atoms with Gasteiger partial charge in [0.05, 0.1) is 5.02 Å². The van der Waals surface area contributed by atoms with Crippen LogP contribution in [0.25, 0.3) is 0 Å². The van der Waals surface area contributed by atoms with E-state index in [1.54, 1.807) is 18.3 Å². The van der Waals surface area contributed by atoms with Crippen LogP contribution in [0.2, 0.25) is 5.02 Å². The number of nitrogens with one attached hydrogen (secondary N) is 2. The number of urea groups is 1. The first-order chi connectivity index (χ1) is 9.15. The van der Waals surface area contributed by atoms with Crippen LogP contribution in [-0.2, 0) is 0 Å². The van der Waals surface area contributed by atoms with Crippen molar-refractivity contribution in [3.8, 4) is 0 Å². The van der Waals surface area contributed by atoms with Crippen molar-refractivity contribution < 1.29 is 4.79 Å². The number of nitrogens with zero attached hydrogens (tertiary/aromatic N) is 1. The molecule has 19 heavy (non-hydrogen) atoms. The van der Waals surface area contributed by atoms with Crippen molar-refractivity contribution in [2.45, 2.75) is 32.6 Å². The summed E-state index contributed by atoms with van der Waals surface area (Å²) < 4.78 is 0. The molecule has 1 aromatic heterocycles. The summed E-state index contributed by atoms with van der Waals surface area (Å²) >= 11 is 5.72. The number of amides is 2. The second-order valence-electron chi connectivity index (χ2n) is 4.83. The van der Waals surface area contributed by atoms with Gasteiger partial charge in [-0.15, -0.1) is 0 Å². The van der Waals surface area contributed by atoms with Crippen molar-refractivity contribution in [3.63, 3.8) is 0 Å². The Labute approximate surface area is 118 Å². The van der Waals surface area contributed by atoms with E-state index in [0.717, 1.165) is 0 Å². The monoisotopic (exact) mass is 279 g/mol. The standard InChI is InChI=1S/C14H18ClN3O/c1-10(11-4-2-3-5-11)8-17-14(19)18-13-7-6-12(15)9-16-13/h6-9,11H,2-5H2,1H3,(H2,16,17,18,19)/b10-8+. The van der Waals surface area contributed by atoms with Crippen LogP contribution in [0.5, 0.6) is 0 Å². The van der Waals surface area contributed by atoms with Crippen LogP contribution >= 0.6 is 11.6 Å². The molecular weight excluding hydrogens is 262 g/mol. The molecule has 0 saturated heterocycles. The van der Waals surface area contributed by atoms with Crippen molar-refractivity contribution in [3.05, 3.63) is 35.1 Å². The van der Waals surface area contributed by atoms with Crippen molar-refractivity contribution in [1.82, 2.24) is 10.3 Å². The van der Waals surface area contributed by atoms with E-state index in [1.165, 1.54) is 37.5 Å². The number of allylic oxidation sites excluding steroid dienone is 1. The highest BCUT2D eigenvalue weighted by molar-refractivity contribution is 6.30. The van der Waals surface area contributed by atoms with Gasteiger partial charge in [-0.05, 0) is 37.8 Å². The smallest absolute Gasteiger partial charge is 0.314 e. The van der Waals surface area contributed by atoms with Crippen molar-refractivity contribution in [2.75, 3.05) is 5.32 Å². The second-order valence-corrected chi connectivity index (χ2v) is 5.27. The third-order valence-corrected chi connectivity index (χ3v) is 3.62. The van der Waals surface area contributed by atoms with Gasteiger partial charge in [-0.3, -0.25) is 5.32 Å². The van der Waals surface area contributed by atoms with Gasteiger partial charge in [0.25, 0.3) is 0 Å². The number of hydrogen-bond donors (Lipinski definition) is 2. The highest BCUT2D eigenvalue weighted by Crippen LogP contribution is 2.30. The van der Waals surface area contributed by atoms with Crippen molar-refractivity contribution >= 4 is 23.4 Å². The lowest BCUT2D eigenvalue weighted by molar-refractivity contribution is 0.255. The number of carbonyl (C=O) groups excluding carboxylic acids is 1. The quantitative estimate of drug-likeness (QED) is 0.880. The zero-order chi connectivity index (χ0) is 13.7. The Balaban J connectivity index is 1.83. The molecule has 0 bridgehead atoms. The Bertz CT molecular complexity index is 464. The van der Waals surface area contributed by atoms with Crippen LogP contribution in [0.3, 0.4) is 0 Å². The molecule has 4 nitrogen and oxygen atoms in total. The Kier molecular flexibility index (Phi) is 4.80. The minimum atomic E-state index is -0.285. The second kappa shape index (κ2) is 6.57. The minimum absolute atomic E-state index is 0.285. The number of halogens is 1. The Morgan fingerprint density at radius 2 is 2.16 bits per heavy atom. The highest BCUT2D eigenvalue weighted by atomic mass is 35.5. The molecule has 1 fully saturated rings. The lowest BCUT2D eigenvalue weighted by Gasteiger charge is -2.10. The van der Waals surface area contributed by atoms with Crippen LogP contribution in [-0.4, -0.2) is 11.0 Å². The predicted octanol–water partition coefficient (Wildman–Crippen LogP) is 3.95. The molecule has 1 heterocycles. The lowest BCUT2D eigenvalue weighted by atomic mass is 10.0. The SMILES string of the molecule is C/C(=C\NC(=O)Nc1ccc(Cl)cn1)C1CCCC1. The van der Waals surface area contributed by atoms with Crippen LogP contribution in [0, 0.1) is 5.92 Å². The fourth-order valence-corrected chi connectivity index (χ4v) is 2.39. The zero-order valence-electron chi connectivity index (χ0n) is 10.9. The summed E-state index contributed by atoms with van der Waals surface area (Å²) in [6.07, 6.45) is 8.32. The zero-order valence-corrected chi connectivity index (χ0v) is 11.7. The molecule has 0 aromatic carbocycles. The first-order valence-electron chi connectivity index (χ1n) is 6.51. The van der Waals surface area contributed by atoms with E-state index in [9.17, 15) is 4.79 Å². The number of rotatable bonds is 3. The molecule has 0 atom stereocenters. The summed E-state index contributed by atoms with van der Waals surface area (Å²) in [6, 6.07) is 3.06. The molecule has 102 valence electrons. The fraction of sp³-hybridized carbons (Fsp3) is 0.429. The number of pyridine rings is 1. The van der Waals surface area contributed by atoms with E-state index < -0.39 is 0 Å². The van der Waals surface area contributed by atoms with Crippen molar-refractivity contribution in [1.29, 1.82) is 0 Å². The van der Waals surface area contributed by atoms with E-state index in [4.69, 9.17) is 11.6 Å². The molecular formula is C14H18ClN3O. The van der Waals surface area contributed by atoms with Gasteiger partial charge in [0.1, 0.15) is 5.82 Å². The summed E-state index contributed by atoms with van der Waals surface area (Å²) in [5, 5.41) is 5.93. The molecule has 0 spiro atoms. The average Bonchev–Trinajstić information content (AvgIpc) is 2.93. The van der Waals surface area contributed by atoms with E-state index in [1.807, 2.05) is 0 Å². The molecule has 0 aliphatic heterocycles. The maximum Gasteiger partial charge on any atom is 0.324 e. The van der Waals surface area contributed by atoms with Gasteiger partial charge >= 0.3 is 6.03 Å². The maximum absolute atomic E-state index is 11.7. The molecule has 0 radical (unpaired) electrons. The van der Waals surface area contributed by atoms with E-state index in [2.05, 4.69) is 22.5 Å². The van der Waals surface area contributed by atoms with Gasteiger partial charge < -0.3 is 5.32 Å². The summed E-state index contributed by atoms with van der Waals surface area (Å²) in [7, 11) is 0. The lowest BCUT2D eigenvalue weighted by Crippen LogP contribution is -2.25. The highest BCUT2D eigenvalue weighted by Gasteiger charge is 2.16. The molecule has 1 aliphatic rings. The normalized spacial score (nSPS) is 16.4. The number of anilines is 1. The average molecular weight is 280 g/mol. The van der Waals surface area contributed by atoms with Crippen LogP contribution in [0.1, 0.15) is 32.6 Å². The molecule has 1 saturated carbocycles. The molecule has 2 rings (SSSR count). The van der Waals surface area contributed by atoms with Gasteiger partial charge in [-0.25, -0.2) is 9.78 Å². The Morgan fingerprint density at radius 3 is 2.79 bits per heavy atom.